The Morgan fingerprint density at radius 2 is 1.74 bits per heavy atom. The van der Waals surface area contributed by atoms with Crippen LogP contribution in [-0.4, -0.2) is 51.6 Å². The zero-order valence-corrected chi connectivity index (χ0v) is 21.5. The molecule has 1 fully saturated rings. The summed E-state index contributed by atoms with van der Waals surface area (Å²) in [5.41, 5.74) is 0.689. The predicted octanol–water partition coefficient (Wildman–Crippen LogP) is 5.06. The van der Waals surface area contributed by atoms with Gasteiger partial charge in [0.25, 0.3) is 0 Å². The number of nitrogens with zero attached hydrogens (tertiary/aromatic N) is 3. The summed E-state index contributed by atoms with van der Waals surface area (Å²) in [7, 11) is 0. The second kappa shape index (κ2) is 11.6. The molecule has 3 heterocycles. The van der Waals surface area contributed by atoms with Crippen molar-refractivity contribution in [2.45, 2.75) is 44.2 Å². The third kappa shape index (κ3) is 5.42. The number of carbonyl (C=O) groups is 1. The molecule has 2 aromatic carbocycles. The number of carbonyl (C=O) groups excluding carboxylic acids is 1. The van der Waals surface area contributed by atoms with Crippen LogP contribution in [0, 0.1) is 0 Å². The number of esters is 1. The summed E-state index contributed by atoms with van der Waals surface area (Å²) < 4.78 is 41.1. The van der Waals surface area contributed by atoms with Crippen LogP contribution in [0.2, 0.25) is 5.15 Å². The van der Waals surface area contributed by atoms with Gasteiger partial charge in [-0.05, 0) is 17.2 Å². The molecule has 0 spiro atoms. The summed E-state index contributed by atoms with van der Waals surface area (Å²) in [6, 6.07) is 20.7. The number of hydrogen-bond acceptors (Lipinski definition) is 7. The summed E-state index contributed by atoms with van der Waals surface area (Å²) >= 11 is 6.26. The molecule has 1 saturated heterocycles. The summed E-state index contributed by atoms with van der Waals surface area (Å²) in [6.07, 6.45) is 0.0638. The Hall–Kier alpha value is -3.37. The van der Waals surface area contributed by atoms with Gasteiger partial charge in [-0.15, -0.1) is 0 Å². The van der Waals surface area contributed by atoms with Crippen LogP contribution in [0.25, 0.3) is 11.0 Å². The molecule has 5 rings (SSSR count). The summed E-state index contributed by atoms with van der Waals surface area (Å²) in [5.74, 6) is -0.555. The van der Waals surface area contributed by atoms with E-state index in [2.05, 4.69) is 9.97 Å². The van der Waals surface area contributed by atoms with Gasteiger partial charge in [0, 0.05) is 13.1 Å². The number of ether oxygens (including phenoxy) is 4. The minimum Gasteiger partial charge on any atom is -0.455 e. The fourth-order valence-corrected chi connectivity index (χ4v) is 4.87. The lowest BCUT2D eigenvalue weighted by molar-refractivity contribution is -0.165. The van der Waals surface area contributed by atoms with Crippen LogP contribution in [0.3, 0.4) is 0 Å². The van der Waals surface area contributed by atoms with Gasteiger partial charge in [0.1, 0.15) is 29.9 Å². The molecule has 1 aliphatic heterocycles. The van der Waals surface area contributed by atoms with Gasteiger partial charge in [0.15, 0.2) is 17.9 Å². The minimum atomic E-state index is -1.57. The zero-order valence-electron chi connectivity index (χ0n) is 20.7. The number of aromatic nitrogens is 3. The molecule has 0 amide bonds. The molecule has 0 aliphatic carbocycles. The van der Waals surface area contributed by atoms with Gasteiger partial charge in [-0.3, -0.25) is 4.79 Å². The Balaban J connectivity index is 1.50. The lowest BCUT2D eigenvalue weighted by Gasteiger charge is -2.32. The maximum atomic E-state index is 15.1. The van der Waals surface area contributed by atoms with Crippen molar-refractivity contribution in [2.24, 2.45) is 0 Å². The normalized spacial score (nSPS) is 23.1. The highest BCUT2D eigenvalue weighted by Crippen LogP contribution is 2.43. The standard InChI is InChI=1S/C28H27ClFN3O5/c1-19(34)37-23-24(36-15-21-10-6-3-7-11-21)28(16-30,17-35-14-20-8-4-2-5-9-20)38-27(23)33-13-12-22-25(29)31-18-32-26(22)33/h2-13,18,23-24,27H,14-17H2,1H3/t23-,24+,27-,28-/m1/s1. The Kier molecular flexibility index (Phi) is 7.99. The first-order valence-corrected chi connectivity index (χ1v) is 12.5. The van der Waals surface area contributed by atoms with Crippen molar-refractivity contribution in [2.75, 3.05) is 13.3 Å². The van der Waals surface area contributed by atoms with Gasteiger partial charge >= 0.3 is 5.97 Å². The van der Waals surface area contributed by atoms with E-state index in [1.54, 1.807) is 16.8 Å². The molecule has 2 aromatic heterocycles. The monoisotopic (exact) mass is 539 g/mol. The van der Waals surface area contributed by atoms with Crippen LogP contribution < -0.4 is 0 Å². The minimum absolute atomic E-state index is 0.138. The molecular formula is C28H27ClFN3O5. The van der Waals surface area contributed by atoms with Crippen LogP contribution in [0.1, 0.15) is 24.3 Å². The molecule has 38 heavy (non-hydrogen) atoms. The van der Waals surface area contributed by atoms with E-state index in [9.17, 15) is 4.79 Å². The van der Waals surface area contributed by atoms with E-state index in [4.69, 9.17) is 30.5 Å². The maximum absolute atomic E-state index is 15.1. The van der Waals surface area contributed by atoms with Gasteiger partial charge in [0.05, 0.1) is 25.2 Å². The van der Waals surface area contributed by atoms with Crippen LogP contribution in [-0.2, 0) is 37.0 Å². The number of hydrogen-bond donors (Lipinski definition) is 0. The highest BCUT2D eigenvalue weighted by molar-refractivity contribution is 6.33. The molecule has 10 heteroatoms. The van der Waals surface area contributed by atoms with E-state index >= 15 is 4.39 Å². The lowest BCUT2D eigenvalue weighted by atomic mass is 9.96. The molecule has 4 aromatic rings. The van der Waals surface area contributed by atoms with Crippen LogP contribution in [0.5, 0.6) is 0 Å². The molecule has 0 radical (unpaired) electrons. The van der Waals surface area contributed by atoms with Crippen LogP contribution in [0.4, 0.5) is 4.39 Å². The third-order valence-corrected chi connectivity index (χ3v) is 6.75. The Bertz CT molecular complexity index is 1370. The average molecular weight is 540 g/mol. The molecule has 198 valence electrons. The van der Waals surface area contributed by atoms with Crippen molar-refractivity contribution in [1.82, 2.24) is 14.5 Å². The van der Waals surface area contributed by atoms with E-state index in [0.29, 0.717) is 11.0 Å². The second-order valence-corrected chi connectivity index (χ2v) is 9.46. The van der Waals surface area contributed by atoms with Crippen molar-refractivity contribution in [1.29, 1.82) is 0 Å². The number of benzene rings is 2. The van der Waals surface area contributed by atoms with Crippen LogP contribution >= 0.6 is 11.6 Å². The SMILES string of the molecule is CC(=O)O[C@H]1[C@H](n2ccc3c(Cl)ncnc32)O[C@](CF)(COCc2ccccc2)[C@H]1OCc1ccccc1. The van der Waals surface area contributed by atoms with Crippen molar-refractivity contribution >= 4 is 28.6 Å². The first-order valence-electron chi connectivity index (χ1n) is 12.2. The van der Waals surface area contributed by atoms with E-state index in [-0.39, 0.29) is 25.0 Å². The summed E-state index contributed by atoms with van der Waals surface area (Å²) in [5, 5.41) is 0.842. The number of fused-ring (bicyclic) bond motifs is 1. The van der Waals surface area contributed by atoms with Crippen molar-refractivity contribution in [3.63, 3.8) is 0 Å². The number of rotatable bonds is 10. The highest BCUT2D eigenvalue weighted by Gasteiger charge is 2.59. The van der Waals surface area contributed by atoms with Crippen LogP contribution in [0.15, 0.2) is 79.3 Å². The number of halogens is 2. The van der Waals surface area contributed by atoms with Gasteiger partial charge in [0.2, 0.25) is 0 Å². The molecular weight excluding hydrogens is 513 g/mol. The van der Waals surface area contributed by atoms with Crippen molar-refractivity contribution < 1.29 is 28.1 Å². The Morgan fingerprint density at radius 3 is 2.39 bits per heavy atom. The smallest absolute Gasteiger partial charge is 0.303 e. The zero-order chi connectivity index (χ0) is 26.5. The Labute approximate surface area is 224 Å². The lowest BCUT2D eigenvalue weighted by Crippen LogP contribution is -2.51. The van der Waals surface area contributed by atoms with E-state index in [1.165, 1.54) is 13.3 Å². The quantitative estimate of drug-likeness (QED) is 0.206. The summed E-state index contributed by atoms with van der Waals surface area (Å²) in [6.45, 7) is 0.612. The molecule has 8 nitrogen and oxygen atoms in total. The average Bonchev–Trinajstić information content (AvgIpc) is 3.49. The maximum Gasteiger partial charge on any atom is 0.303 e. The van der Waals surface area contributed by atoms with Gasteiger partial charge < -0.3 is 23.5 Å². The molecule has 0 unspecified atom stereocenters. The summed E-state index contributed by atoms with van der Waals surface area (Å²) in [4.78, 5) is 20.6. The molecule has 0 N–H and O–H groups in total. The first-order chi connectivity index (χ1) is 18.5. The highest BCUT2D eigenvalue weighted by atomic mass is 35.5. The second-order valence-electron chi connectivity index (χ2n) is 9.10. The first kappa shape index (κ1) is 26.2. The fraction of sp³-hybridized carbons (Fsp3) is 0.321. The van der Waals surface area contributed by atoms with Gasteiger partial charge in [-0.25, -0.2) is 14.4 Å². The Morgan fingerprint density at radius 1 is 1.05 bits per heavy atom. The van der Waals surface area contributed by atoms with Crippen molar-refractivity contribution in [3.8, 4) is 0 Å². The van der Waals surface area contributed by atoms with Crippen molar-refractivity contribution in [3.05, 3.63) is 95.5 Å². The predicted molar refractivity (Wildman–Crippen MR) is 138 cm³/mol. The fourth-order valence-electron chi connectivity index (χ4n) is 4.68. The number of alkyl halides is 1. The van der Waals surface area contributed by atoms with E-state index in [1.807, 2.05) is 60.7 Å². The van der Waals surface area contributed by atoms with E-state index in [0.717, 1.165) is 11.1 Å². The molecule has 4 atom stereocenters. The third-order valence-electron chi connectivity index (χ3n) is 6.45. The molecule has 0 bridgehead atoms. The molecule has 1 aliphatic rings. The molecule has 0 saturated carbocycles. The van der Waals surface area contributed by atoms with E-state index < -0.39 is 36.7 Å². The van der Waals surface area contributed by atoms with Gasteiger partial charge in [-0.2, -0.15) is 0 Å². The van der Waals surface area contributed by atoms with Gasteiger partial charge in [-0.1, -0.05) is 72.3 Å². The largest absolute Gasteiger partial charge is 0.455 e. The topological polar surface area (TPSA) is 84.7 Å².